The van der Waals surface area contributed by atoms with E-state index in [-0.39, 0.29) is 6.42 Å². The molecule has 7 heteroatoms. The molecule has 0 spiro atoms. The SMILES string of the molecule is NOC(=O)[C@H](Cc1ccccc1)NS(=O)[O-]. The third kappa shape index (κ3) is 4.07. The van der Waals surface area contributed by atoms with Gasteiger partial charge in [0.05, 0.1) is 0 Å². The molecule has 0 aliphatic rings. The maximum absolute atomic E-state index is 11.2. The molecule has 2 atom stereocenters. The van der Waals surface area contributed by atoms with Crippen molar-refractivity contribution in [1.82, 2.24) is 4.72 Å². The first-order valence-corrected chi connectivity index (χ1v) is 5.51. The molecule has 88 valence electrons. The van der Waals surface area contributed by atoms with E-state index in [1.54, 1.807) is 24.3 Å². The van der Waals surface area contributed by atoms with Gasteiger partial charge in [0.25, 0.3) is 0 Å². The van der Waals surface area contributed by atoms with Gasteiger partial charge in [0.15, 0.2) is 0 Å². The van der Waals surface area contributed by atoms with E-state index in [9.17, 15) is 13.6 Å². The summed E-state index contributed by atoms with van der Waals surface area (Å²) < 4.78 is 23.0. The minimum atomic E-state index is -2.55. The van der Waals surface area contributed by atoms with Crippen molar-refractivity contribution in [3.8, 4) is 0 Å². The summed E-state index contributed by atoms with van der Waals surface area (Å²) in [6, 6.07) is 7.92. The van der Waals surface area contributed by atoms with Crippen molar-refractivity contribution in [3.05, 3.63) is 35.9 Å². The van der Waals surface area contributed by atoms with Crippen molar-refractivity contribution in [2.24, 2.45) is 5.90 Å². The third-order valence-electron chi connectivity index (χ3n) is 1.92. The molecule has 1 aromatic carbocycles. The summed E-state index contributed by atoms with van der Waals surface area (Å²) in [5.41, 5.74) is 0.802. The molecule has 1 aromatic rings. The predicted octanol–water partition coefficient (Wildman–Crippen LogP) is -0.602. The lowest BCUT2D eigenvalue weighted by Gasteiger charge is -2.17. The second kappa shape index (κ2) is 6.33. The van der Waals surface area contributed by atoms with Gasteiger partial charge in [-0.1, -0.05) is 30.3 Å². The van der Waals surface area contributed by atoms with E-state index in [2.05, 4.69) is 4.84 Å². The number of carbonyl (C=O) groups excluding carboxylic acids is 1. The molecule has 0 amide bonds. The van der Waals surface area contributed by atoms with Gasteiger partial charge in [-0.15, -0.1) is 0 Å². The number of nitrogens with one attached hydrogen (secondary N) is 1. The van der Waals surface area contributed by atoms with Crippen LogP contribution in [0.4, 0.5) is 0 Å². The van der Waals surface area contributed by atoms with Gasteiger partial charge >= 0.3 is 5.97 Å². The van der Waals surface area contributed by atoms with Gasteiger partial charge in [-0.2, -0.15) is 5.90 Å². The highest BCUT2D eigenvalue weighted by molar-refractivity contribution is 7.77. The number of nitrogens with two attached hydrogens (primary N) is 1. The lowest BCUT2D eigenvalue weighted by molar-refractivity contribution is -0.146. The fraction of sp³-hybridized carbons (Fsp3) is 0.222. The summed E-state index contributed by atoms with van der Waals surface area (Å²) in [4.78, 5) is 15.2. The van der Waals surface area contributed by atoms with Crippen LogP contribution in [-0.4, -0.2) is 20.8 Å². The molecular formula is C9H11N2O4S-. The minimum Gasteiger partial charge on any atom is -0.760 e. The van der Waals surface area contributed by atoms with Crippen molar-refractivity contribution >= 4 is 17.2 Å². The Balaban J connectivity index is 2.70. The third-order valence-corrected chi connectivity index (χ3v) is 2.40. The molecule has 0 aromatic heterocycles. The second-order valence-corrected chi connectivity index (χ2v) is 3.74. The lowest BCUT2D eigenvalue weighted by Crippen LogP contribution is -2.41. The van der Waals surface area contributed by atoms with Crippen molar-refractivity contribution < 1.29 is 18.4 Å². The Morgan fingerprint density at radius 1 is 1.50 bits per heavy atom. The molecule has 1 rings (SSSR count). The second-order valence-electron chi connectivity index (χ2n) is 3.03. The number of benzene rings is 1. The summed E-state index contributed by atoms with van der Waals surface area (Å²) in [6.45, 7) is 0. The van der Waals surface area contributed by atoms with Crippen molar-refractivity contribution in [1.29, 1.82) is 0 Å². The molecule has 0 fully saturated rings. The molecule has 0 heterocycles. The maximum atomic E-state index is 11.2. The van der Waals surface area contributed by atoms with Crippen LogP contribution in [0.25, 0.3) is 0 Å². The standard InChI is InChI=1S/C9H12N2O4S/c10-15-9(12)8(11-16(13)14)6-7-4-2-1-3-5-7/h1-5,8,11H,6,10H2,(H,13,14)/p-1/t8-/m0/s1. The van der Waals surface area contributed by atoms with E-state index < -0.39 is 23.3 Å². The Hall–Kier alpha value is -1.28. The first-order valence-electron chi connectivity index (χ1n) is 4.43. The molecule has 0 aliphatic heterocycles. The highest BCUT2D eigenvalue weighted by Gasteiger charge is 2.19. The van der Waals surface area contributed by atoms with Gasteiger partial charge in [-0.3, -0.25) is 4.21 Å². The Bertz CT molecular complexity index is 371. The van der Waals surface area contributed by atoms with E-state index in [0.717, 1.165) is 5.56 Å². The van der Waals surface area contributed by atoms with E-state index in [0.29, 0.717) is 0 Å². The first-order chi connectivity index (χ1) is 7.63. The molecule has 0 bridgehead atoms. The molecule has 0 saturated heterocycles. The largest absolute Gasteiger partial charge is 0.760 e. The van der Waals surface area contributed by atoms with Crippen molar-refractivity contribution in [3.63, 3.8) is 0 Å². The van der Waals surface area contributed by atoms with Gasteiger partial charge in [0.2, 0.25) is 0 Å². The molecule has 3 N–H and O–H groups in total. The van der Waals surface area contributed by atoms with Gasteiger partial charge in [-0.05, 0) is 12.0 Å². The number of carbonyl (C=O) groups is 1. The average molecular weight is 243 g/mol. The Kier molecular flexibility index (Phi) is 5.06. The monoisotopic (exact) mass is 243 g/mol. The minimum absolute atomic E-state index is 0.185. The lowest BCUT2D eigenvalue weighted by atomic mass is 10.1. The molecule has 16 heavy (non-hydrogen) atoms. The highest BCUT2D eigenvalue weighted by atomic mass is 32.2. The summed E-state index contributed by atoms with van der Waals surface area (Å²) in [6.07, 6.45) is 0.185. The molecule has 1 unspecified atom stereocenters. The molecule has 0 saturated carbocycles. The van der Waals surface area contributed by atoms with Crippen LogP contribution in [0.3, 0.4) is 0 Å². The maximum Gasteiger partial charge on any atom is 0.342 e. The summed E-state index contributed by atoms with van der Waals surface area (Å²) in [7, 11) is 0. The van der Waals surface area contributed by atoms with Crippen LogP contribution < -0.4 is 10.6 Å². The predicted molar refractivity (Wildman–Crippen MR) is 56.3 cm³/mol. The normalized spacial score (nSPS) is 14.1. The number of hydrogen-bond acceptors (Lipinski definition) is 5. The Morgan fingerprint density at radius 2 is 2.12 bits per heavy atom. The topological polar surface area (TPSA) is 104 Å². The van der Waals surface area contributed by atoms with E-state index >= 15 is 0 Å². The Labute approximate surface area is 95.2 Å². The summed E-state index contributed by atoms with van der Waals surface area (Å²) >= 11 is -2.55. The Morgan fingerprint density at radius 3 is 2.62 bits per heavy atom. The van der Waals surface area contributed by atoms with Gasteiger partial charge < -0.3 is 9.39 Å². The van der Waals surface area contributed by atoms with Gasteiger partial charge in [-0.25, -0.2) is 9.52 Å². The molecular weight excluding hydrogens is 232 g/mol. The zero-order valence-electron chi connectivity index (χ0n) is 8.29. The number of hydrogen-bond donors (Lipinski definition) is 2. The highest BCUT2D eigenvalue weighted by Crippen LogP contribution is 2.04. The van der Waals surface area contributed by atoms with Crippen molar-refractivity contribution in [2.75, 3.05) is 0 Å². The number of rotatable bonds is 5. The summed E-state index contributed by atoms with van der Waals surface area (Å²) in [5.74, 6) is 3.89. The summed E-state index contributed by atoms with van der Waals surface area (Å²) in [5, 5.41) is 0. The van der Waals surface area contributed by atoms with E-state index in [4.69, 9.17) is 5.90 Å². The average Bonchev–Trinajstić information content (AvgIpc) is 2.28. The van der Waals surface area contributed by atoms with Gasteiger partial charge in [0, 0.05) is 11.3 Å². The van der Waals surface area contributed by atoms with E-state index in [1.807, 2.05) is 10.8 Å². The van der Waals surface area contributed by atoms with Crippen LogP contribution in [0.15, 0.2) is 30.3 Å². The fourth-order valence-electron chi connectivity index (χ4n) is 1.22. The molecule has 0 radical (unpaired) electrons. The zero-order chi connectivity index (χ0) is 12.0. The van der Waals surface area contributed by atoms with Crippen LogP contribution in [0.5, 0.6) is 0 Å². The first kappa shape index (κ1) is 12.8. The molecule has 0 aliphatic carbocycles. The quantitative estimate of drug-likeness (QED) is 0.530. The van der Waals surface area contributed by atoms with Crippen LogP contribution in [0, 0.1) is 0 Å². The van der Waals surface area contributed by atoms with Crippen LogP contribution in [0.2, 0.25) is 0 Å². The van der Waals surface area contributed by atoms with Crippen molar-refractivity contribution in [2.45, 2.75) is 12.5 Å². The molecule has 6 nitrogen and oxygen atoms in total. The smallest absolute Gasteiger partial charge is 0.342 e. The fourth-order valence-corrected chi connectivity index (χ4v) is 1.63. The van der Waals surface area contributed by atoms with Gasteiger partial charge in [0.1, 0.15) is 6.04 Å². The van der Waals surface area contributed by atoms with Crippen LogP contribution in [-0.2, 0) is 27.3 Å². The van der Waals surface area contributed by atoms with Crippen LogP contribution in [0.1, 0.15) is 5.56 Å². The van der Waals surface area contributed by atoms with Crippen LogP contribution >= 0.6 is 0 Å². The zero-order valence-corrected chi connectivity index (χ0v) is 9.11. The van der Waals surface area contributed by atoms with E-state index in [1.165, 1.54) is 0 Å².